The number of imide groups is 1. The van der Waals surface area contributed by atoms with Gasteiger partial charge in [-0.2, -0.15) is 0 Å². The van der Waals surface area contributed by atoms with Gasteiger partial charge in [0.2, 0.25) is 0 Å². The fourth-order valence-corrected chi connectivity index (χ4v) is 1.27. The van der Waals surface area contributed by atoms with E-state index < -0.39 is 23.7 Å². The van der Waals surface area contributed by atoms with Crippen molar-refractivity contribution in [1.29, 1.82) is 0 Å². The Bertz CT molecular complexity index is 375. The number of hydrogen-bond donors (Lipinski definition) is 0. The van der Waals surface area contributed by atoms with Crippen LogP contribution in [0.15, 0.2) is 0 Å². The summed E-state index contributed by atoms with van der Waals surface area (Å²) in [6, 6.07) is 0. The van der Waals surface area contributed by atoms with Crippen molar-refractivity contribution < 1.29 is 19.2 Å². The minimum atomic E-state index is -0.598. The van der Waals surface area contributed by atoms with Crippen molar-refractivity contribution in [1.82, 2.24) is 5.06 Å². The summed E-state index contributed by atoms with van der Waals surface area (Å²) in [5.74, 6) is 3.69. The van der Waals surface area contributed by atoms with E-state index in [9.17, 15) is 14.4 Å². The number of rotatable bonds is 3. The molecule has 0 bridgehead atoms. The van der Waals surface area contributed by atoms with Gasteiger partial charge >= 0.3 is 5.97 Å². The van der Waals surface area contributed by atoms with Gasteiger partial charge < -0.3 is 4.84 Å². The molecule has 1 aliphatic heterocycles. The van der Waals surface area contributed by atoms with Gasteiger partial charge in [-0.15, -0.1) is 16.9 Å². The van der Waals surface area contributed by atoms with Crippen molar-refractivity contribution in [2.24, 2.45) is 5.92 Å². The summed E-state index contributed by atoms with van der Waals surface area (Å²) in [6.07, 6.45) is 1.31. The molecule has 1 saturated heterocycles. The van der Waals surface area contributed by atoms with E-state index in [0.29, 0.717) is 11.5 Å². The predicted molar refractivity (Wildman–Crippen MR) is 59.0 cm³/mol. The number of amides is 2. The molecule has 1 atom stereocenters. The van der Waals surface area contributed by atoms with Gasteiger partial charge in [0.05, 0.1) is 5.92 Å². The van der Waals surface area contributed by atoms with Crippen LogP contribution >= 0.6 is 0 Å². The number of nitrogens with zero attached hydrogens (tertiary/aromatic N) is 1. The Balaban J connectivity index is 2.48. The topological polar surface area (TPSA) is 63.7 Å². The van der Waals surface area contributed by atoms with E-state index in [4.69, 9.17) is 4.84 Å². The van der Waals surface area contributed by atoms with Gasteiger partial charge in [0.25, 0.3) is 11.8 Å². The van der Waals surface area contributed by atoms with E-state index in [2.05, 4.69) is 11.8 Å². The third-order valence-electron chi connectivity index (χ3n) is 2.30. The van der Waals surface area contributed by atoms with Gasteiger partial charge in [0, 0.05) is 25.7 Å². The molecule has 5 nitrogen and oxygen atoms in total. The molecule has 0 spiro atoms. The molecule has 92 valence electrons. The number of hydroxylamine groups is 2. The molecule has 1 aliphatic rings. The maximum absolute atomic E-state index is 11.5. The first-order valence-electron chi connectivity index (χ1n) is 5.59. The number of hydrogen-bond acceptors (Lipinski definition) is 4. The van der Waals surface area contributed by atoms with Gasteiger partial charge in [-0.25, -0.2) is 4.79 Å². The molecule has 0 saturated carbocycles. The van der Waals surface area contributed by atoms with Crippen molar-refractivity contribution >= 4 is 17.8 Å². The van der Waals surface area contributed by atoms with E-state index in [-0.39, 0.29) is 12.8 Å². The Hall–Kier alpha value is -1.83. The Kier molecular flexibility index (Phi) is 4.70. The van der Waals surface area contributed by atoms with E-state index >= 15 is 0 Å². The van der Waals surface area contributed by atoms with Gasteiger partial charge in [0.1, 0.15) is 0 Å². The van der Waals surface area contributed by atoms with Crippen LogP contribution in [0.1, 0.15) is 39.5 Å². The molecule has 0 aromatic heterocycles. The van der Waals surface area contributed by atoms with Crippen LogP contribution in [0.25, 0.3) is 0 Å². The summed E-state index contributed by atoms with van der Waals surface area (Å²) >= 11 is 0. The number of carbonyl (C=O) groups is 3. The van der Waals surface area contributed by atoms with E-state index in [1.807, 2.05) is 6.92 Å². The zero-order valence-corrected chi connectivity index (χ0v) is 9.99. The highest BCUT2D eigenvalue weighted by molar-refractivity contribution is 6.01. The first-order valence-corrected chi connectivity index (χ1v) is 5.59. The summed E-state index contributed by atoms with van der Waals surface area (Å²) in [6.45, 7) is 3.56. The lowest BCUT2D eigenvalue weighted by atomic mass is 10.1. The van der Waals surface area contributed by atoms with Crippen LogP contribution in [0.5, 0.6) is 0 Å². The molecule has 1 fully saturated rings. The molecular formula is C12H15NO4. The average Bonchev–Trinajstić information content (AvgIpc) is 2.61. The van der Waals surface area contributed by atoms with Crippen LogP contribution in [0.4, 0.5) is 0 Å². The molecule has 0 N–H and O–H groups in total. The Morgan fingerprint density at radius 2 is 1.94 bits per heavy atom. The van der Waals surface area contributed by atoms with Crippen LogP contribution < -0.4 is 0 Å². The lowest BCUT2D eigenvalue weighted by molar-refractivity contribution is -0.200. The van der Waals surface area contributed by atoms with Crippen LogP contribution in [-0.4, -0.2) is 22.8 Å². The third-order valence-corrected chi connectivity index (χ3v) is 2.30. The van der Waals surface area contributed by atoms with Crippen LogP contribution in [0, 0.1) is 17.8 Å². The summed E-state index contributed by atoms with van der Waals surface area (Å²) in [5.41, 5.74) is 0. The second-order valence-corrected chi connectivity index (χ2v) is 3.80. The van der Waals surface area contributed by atoms with Crippen molar-refractivity contribution in [3.05, 3.63) is 0 Å². The van der Waals surface area contributed by atoms with Crippen molar-refractivity contribution in [3.8, 4) is 11.8 Å². The normalized spacial score (nSPS) is 16.5. The zero-order valence-electron chi connectivity index (χ0n) is 9.99. The first-order chi connectivity index (χ1) is 8.06. The molecule has 2 amide bonds. The molecule has 5 heteroatoms. The maximum atomic E-state index is 11.5. The SMILES string of the molecule is CCC#CCC(C)C(=O)ON1C(=O)CCC1=O. The van der Waals surface area contributed by atoms with Gasteiger partial charge in [-0.1, -0.05) is 13.8 Å². The van der Waals surface area contributed by atoms with Gasteiger partial charge in [-0.3, -0.25) is 9.59 Å². The molecule has 1 unspecified atom stereocenters. The highest BCUT2D eigenvalue weighted by Gasteiger charge is 2.33. The van der Waals surface area contributed by atoms with Crippen LogP contribution in [0.2, 0.25) is 0 Å². The van der Waals surface area contributed by atoms with Crippen LogP contribution in [0.3, 0.4) is 0 Å². The average molecular weight is 237 g/mol. The Morgan fingerprint density at radius 1 is 1.35 bits per heavy atom. The summed E-state index contributed by atoms with van der Waals surface area (Å²) in [4.78, 5) is 38.7. The third kappa shape index (κ3) is 3.59. The van der Waals surface area contributed by atoms with Gasteiger partial charge in [-0.05, 0) is 0 Å². The second kappa shape index (κ2) is 6.04. The van der Waals surface area contributed by atoms with Crippen molar-refractivity contribution in [2.45, 2.75) is 39.5 Å². The minimum absolute atomic E-state index is 0.107. The molecule has 17 heavy (non-hydrogen) atoms. The Labute approximate surface area is 100 Å². The summed E-state index contributed by atoms with van der Waals surface area (Å²) in [5, 5.41) is 0.562. The second-order valence-electron chi connectivity index (χ2n) is 3.80. The summed E-state index contributed by atoms with van der Waals surface area (Å²) in [7, 11) is 0. The molecule has 0 radical (unpaired) electrons. The van der Waals surface area contributed by atoms with Crippen molar-refractivity contribution in [3.63, 3.8) is 0 Å². The predicted octanol–water partition coefficient (Wildman–Crippen LogP) is 1.03. The monoisotopic (exact) mass is 237 g/mol. The van der Waals surface area contributed by atoms with E-state index in [1.54, 1.807) is 6.92 Å². The highest BCUT2D eigenvalue weighted by Crippen LogP contribution is 2.14. The highest BCUT2D eigenvalue weighted by atomic mass is 16.7. The Morgan fingerprint density at radius 3 is 2.47 bits per heavy atom. The standard InChI is InChI=1S/C12H15NO4/c1-3-4-5-6-9(2)12(16)17-13-10(14)7-8-11(13)15/h9H,3,6-8H2,1-2H3. The fraction of sp³-hybridized carbons (Fsp3) is 0.583. The molecule has 1 rings (SSSR count). The fourth-order valence-electron chi connectivity index (χ4n) is 1.27. The quantitative estimate of drug-likeness (QED) is 0.543. The zero-order chi connectivity index (χ0) is 12.8. The van der Waals surface area contributed by atoms with E-state index in [1.165, 1.54) is 0 Å². The van der Waals surface area contributed by atoms with Crippen LogP contribution in [-0.2, 0) is 19.2 Å². The largest absolute Gasteiger partial charge is 0.336 e. The summed E-state index contributed by atoms with van der Waals surface area (Å²) < 4.78 is 0. The molecule has 1 heterocycles. The molecule has 0 aromatic rings. The number of carbonyl (C=O) groups excluding carboxylic acids is 3. The molecule has 0 aliphatic carbocycles. The smallest absolute Gasteiger partial charge is 0.330 e. The minimum Gasteiger partial charge on any atom is -0.330 e. The first kappa shape index (κ1) is 13.2. The van der Waals surface area contributed by atoms with Gasteiger partial charge in [0.15, 0.2) is 0 Å². The van der Waals surface area contributed by atoms with E-state index in [0.717, 1.165) is 6.42 Å². The maximum Gasteiger partial charge on any atom is 0.336 e. The lowest BCUT2D eigenvalue weighted by Crippen LogP contribution is -2.34. The molecular weight excluding hydrogens is 222 g/mol. The lowest BCUT2D eigenvalue weighted by Gasteiger charge is -2.14. The molecule has 0 aromatic carbocycles. The van der Waals surface area contributed by atoms with Crippen molar-refractivity contribution in [2.75, 3.05) is 0 Å².